The lowest BCUT2D eigenvalue weighted by molar-refractivity contribution is -0.116. The lowest BCUT2D eigenvalue weighted by Gasteiger charge is -2.14. The number of halogens is 2. The second-order valence-electron chi connectivity index (χ2n) is 7.18. The number of hydrogen-bond donors (Lipinski definition) is 1. The van der Waals surface area contributed by atoms with Gasteiger partial charge in [0.25, 0.3) is 5.56 Å². The minimum Gasteiger partial charge on any atom is -0.309 e. The van der Waals surface area contributed by atoms with Gasteiger partial charge in [-0.05, 0) is 25.5 Å². The Hall–Kier alpha value is -2.43. The minimum absolute atomic E-state index is 0.0213. The van der Waals surface area contributed by atoms with Crippen LogP contribution in [0.15, 0.2) is 29.3 Å². The second-order valence-corrected chi connectivity index (χ2v) is 10.3. The highest BCUT2D eigenvalue weighted by Crippen LogP contribution is 2.27. The van der Waals surface area contributed by atoms with E-state index in [0.717, 1.165) is 4.57 Å². The summed E-state index contributed by atoms with van der Waals surface area (Å²) >= 11 is 12.0. The third kappa shape index (κ3) is 4.07. The van der Waals surface area contributed by atoms with Gasteiger partial charge in [0.1, 0.15) is 12.4 Å². The van der Waals surface area contributed by atoms with Crippen molar-refractivity contribution in [3.8, 4) is 0 Å². The summed E-state index contributed by atoms with van der Waals surface area (Å²) in [6, 6.07) is 4.25. The van der Waals surface area contributed by atoms with E-state index in [1.165, 1.54) is 23.1 Å². The van der Waals surface area contributed by atoms with E-state index in [-0.39, 0.29) is 34.5 Å². The van der Waals surface area contributed by atoms with Crippen LogP contribution < -0.4 is 10.9 Å². The highest BCUT2D eigenvalue weighted by Gasteiger charge is 2.31. The third-order valence-electron chi connectivity index (χ3n) is 4.84. The predicted octanol–water partition coefficient (Wildman–Crippen LogP) is 2.21. The Balaban J connectivity index is 1.58. The molecule has 1 unspecified atom stereocenters. The average Bonchev–Trinajstić information content (AvgIpc) is 3.19. The maximum atomic E-state index is 12.7. The zero-order valence-electron chi connectivity index (χ0n) is 15.8. The molecule has 0 aliphatic carbocycles. The molecule has 9 nitrogen and oxygen atoms in total. The van der Waals surface area contributed by atoms with Crippen molar-refractivity contribution in [1.82, 2.24) is 19.3 Å². The molecular weight excluding hydrogens is 453 g/mol. The Morgan fingerprint density at radius 2 is 2.07 bits per heavy atom. The summed E-state index contributed by atoms with van der Waals surface area (Å²) in [6.07, 6.45) is 1.68. The van der Waals surface area contributed by atoms with Crippen molar-refractivity contribution < 1.29 is 13.2 Å². The molecule has 3 heterocycles. The summed E-state index contributed by atoms with van der Waals surface area (Å²) in [5, 5.41) is 7.78. The monoisotopic (exact) mass is 469 g/mol. The number of nitrogens with zero attached hydrogens (tertiary/aromatic N) is 4. The van der Waals surface area contributed by atoms with Gasteiger partial charge in [0, 0.05) is 11.1 Å². The van der Waals surface area contributed by atoms with Crippen LogP contribution in [0.25, 0.3) is 10.9 Å². The molecule has 30 heavy (non-hydrogen) atoms. The molecule has 1 aliphatic heterocycles. The first-order chi connectivity index (χ1) is 14.1. The van der Waals surface area contributed by atoms with Gasteiger partial charge in [0.2, 0.25) is 5.91 Å². The summed E-state index contributed by atoms with van der Waals surface area (Å²) in [7, 11) is -3.11. The van der Waals surface area contributed by atoms with Crippen LogP contribution in [-0.2, 0) is 21.2 Å². The molecule has 1 aromatic carbocycles. The van der Waals surface area contributed by atoms with Gasteiger partial charge in [-0.25, -0.2) is 18.1 Å². The van der Waals surface area contributed by atoms with E-state index >= 15 is 0 Å². The molecule has 2 aromatic heterocycles. The van der Waals surface area contributed by atoms with Gasteiger partial charge in [-0.2, -0.15) is 5.10 Å². The number of nitrogens with one attached hydrogen (secondary N) is 1. The zero-order chi connectivity index (χ0) is 21.6. The van der Waals surface area contributed by atoms with E-state index < -0.39 is 21.3 Å². The lowest BCUT2D eigenvalue weighted by atomic mass is 10.2. The van der Waals surface area contributed by atoms with Gasteiger partial charge in [-0.3, -0.25) is 14.2 Å². The number of carbonyl (C=O) groups is 1. The van der Waals surface area contributed by atoms with E-state index in [1.807, 2.05) is 0 Å². The zero-order valence-corrected chi connectivity index (χ0v) is 18.1. The van der Waals surface area contributed by atoms with Crippen molar-refractivity contribution in [1.29, 1.82) is 0 Å². The summed E-state index contributed by atoms with van der Waals surface area (Å²) in [5.74, 6) is -0.0272. The fourth-order valence-electron chi connectivity index (χ4n) is 3.50. The van der Waals surface area contributed by atoms with E-state index in [4.69, 9.17) is 23.2 Å². The molecule has 1 saturated heterocycles. The molecule has 1 atom stereocenters. The third-order valence-corrected chi connectivity index (χ3v) is 7.10. The molecule has 0 spiro atoms. The summed E-state index contributed by atoms with van der Waals surface area (Å²) in [5.41, 5.74) is 0.494. The van der Waals surface area contributed by atoms with Crippen LogP contribution in [0.2, 0.25) is 10.0 Å². The fraction of sp³-hybridized carbons (Fsp3) is 0.333. The SMILES string of the molecule is Cc1cc(NC(=O)Cn2cnc3c(Cl)cc(Cl)cc3c2=O)n(C2CCS(=O)(=O)C2)n1. The molecule has 0 bridgehead atoms. The van der Waals surface area contributed by atoms with Crippen LogP contribution in [0, 0.1) is 6.92 Å². The standard InChI is InChI=1S/C18H17Cl2N5O4S/c1-10-4-15(25(23-10)12-2-3-30(28,29)8-12)22-16(26)7-24-9-21-17-13(18(24)27)5-11(19)6-14(17)20/h4-6,9,12H,2-3,7-8H2,1H3,(H,22,26). The van der Waals surface area contributed by atoms with Gasteiger partial charge in [-0.15, -0.1) is 0 Å². The number of carbonyl (C=O) groups excluding carboxylic acids is 1. The van der Waals surface area contributed by atoms with E-state index in [1.54, 1.807) is 13.0 Å². The fourth-order valence-corrected chi connectivity index (χ4v) is 5.74. The number of benzene rings is 1. The highest BCUT2D eigenvalue weighted by atomic mass is 35.5. The highest BCUT2D eigenvalue weighted by molar-refractivity contribution is 7.91. The molecule has 0 radical (unpaired) electrons. The molecule has 0 saturated carbocycles. The molecule has 3 aromatic rings. The molecule has 1 fully saturated rings. The molecule has 1 N–H and O–H groups in total. The summed E-state index contributed by atoms with van der Waals surface area (Å²) in [4.78, 5) is 29.5. The topological polar surface area (TPSA) is 116 Å². The Bertz CT molecular complexity index is 1330. The van der Waals surface area contributed by atoms with Crippen molar-refractivity contribution in [3.63, 3.8) is 0 Å². The van der Waals surface area contributed by atoms with Crippen molar-refractivity contribution in [3.05, 3.63) is 50.6 Å². The van der Waals surface area contributed by atoms with Gasteiger partial charge in [0.05, 0.1) is 45.5 Å². The number of hydrogen-bond acceptors (Lipinski definition) is 6. The molecule has 1 aliphatic rings. The van der Waals surface area contributed by atoms with Crippen molar-refractivity contribution in [2.45, 2.75) is 25.9 Å². The number of aromatic nitrogens is 4. The molecule has 12 heteroatoms. The smallest absolute Gasteiger partial charge is 0.261 e. The van der Waals surface area contributed by atoms with Crippen molar-refractivity contribution >= 4 is 55.7 Å². The molecule has 158 valence electrons. The lowest BCUT2D eigenvalue weighted by Crippen LogP contribution is -2.29. The quantitative estimate of drug-likeness (QED) is 0.625. The molecular formula is C18H17Cl2N5O4S. The Labute approximate surface area is 181 Å². The first-order valence-electron chi connectivity index (χ1n) is 9.03. The van der Waals surface area contributed by atoms with Crippen molar-refractivity contribution in [2.75, 3.05) is 16.8 Å². The van der Waals surface area contributed by atoms with Crippen LogP contribution >= 0.6 is 23.2 Å². The number of aryl methyl sites for hydroxylation is 1. The van der Waals surface area contributed by atoms with Gasteiger partial charge in [0.15, 0.2) is 9.84 Å². The minimum atomic E-state index is -3.11. The Morgan fingerprint density at radius 3 is 2.77 bits per heavy atom. The van der Waals surface area contributed by atoms with Crippen LogP contribution in [0.5, 0.6) is 0 Å². The summed E-state index contributed by atoms with van der Waals surface area (Å²) in [6.45, 7) is 1.46. The van der Waals surface area contributed by atoms with E-state index in [2.05, 4.69) is 15.4 Å². The number of rotatable bonds is 4. The predicted molar refractivity (Wildman–Crippen MR) is 114 cm³/mol. The van der Waals surface area contributed by atoms with Gasteiger partial charge in [-0.1, -0.05) is 23.2 Å². The van der Waals surface area contributed by atoms with E-state index in [9.17, 15) is 18.0 Å². The number of sulfone groups is 1. The van der Waals surface area contributed by atoms with Crippen LogP contribution in [0.4, 0.5) is 5.82 Å². The van der Waals surface area contributed by atoms with Crippen LogP contribution in [0.3, 0.4) is 0 Å². The first-order valence-corrected chi connectivity index (χ1v) is 11.6. The maximum Gasteiger partial charge on any atom is 0.261 e. The largest absolute Gasteiger partial charge is 0.309 e. The van der Waals surface area contributed by atoms with Crippen LogP contribution in [0.1, 0.15) is 18.2 Å². The second kappa shape index (κ2) is 7.68. The normalized spacial score (nSPS) is 18.0. The van der Waals surface area contributed by atoms with Gasteiger partial charge >= 0.3 is 0 Å². The summed E-state index contributed by atoms with van der Waals surface area (Å²) < 4.78 is 26.3. The van der Waals surface area contributed by atoms with Crippen molar-refractivity contribution in [2.24, 2.45) is 0 Å². The van der Waals surface area contributed by atoms with E-state index in [0.29, 0.717) is 28.5 Å². The maximum absolute atomic E-state index is 12.7. The number of fused-ring (bicyclic) bond motifs is 1. The average molecular weight is 470 g/mol. The molecule has 1 amide bonds. The Morgan fingerprint density at radius 1 is 1.30 bits per heavy atom. The number of amides is 1. The van der Waals surface area contributed by atoms with Crippen LogP contribution in [-0.4, -0.2) is 45.2 Å². The Kier molecular flexibility index (Phi) is 5.33. The van der Waals surface area contributed by atoms with Gasteiger partial charge < -0.3 is 5.32 Å². The molecule has 4 rings (SSSR count). The number of anilines is 1. The first kappa shape index (κ1) is 20.8.